The van der Waals surface area contributed by atoms with Crippen LogP contribution >= 0.6 is 0 Å². The van der Waals surface area contributed by atoms with E-state index < -0.39 is 10.0 Å². The van der Waals surface area contributed by atoms with Gasteiger partial charge in [0.25, 0.3) is 0 Å². The van der Waals surface area contributed by atoms with Crippen LogP contribution in [0.25, 0.3) is 0 Å². The molecule has 1 aliphatic heterocycles. The minimum absolute atomic E-state index is 0.0243. The van der Waals surface area contributed by atoms with Crippen molar-refractivity contribution in [3.63, 3.8) is 0 Å². The van der Waals surface area contributed by atoms with Crippen molar-refractivity contribution < 1.29 is 13.2 Å². The Balaban J connectivity index is 1.51. The average Bonchev–Trinajstić information content (AvgIpc) is 2.69. The van der Waals surface area contributed by atoms with Crippen molar-refractivity contribution in [1.29, 1.82) is 0 Å². The van der Waals surface area contributed by atoms with Gasteiger partial charge in [-0.2, -0.15) is 4.31 Å². The van der Waals surface area contributed by atoms with E-state index in [-0.39, 0.29) is 17.9 Å². The van der Waals surface area contributed by atoms with Crippen LogP contribution in [0.3, 0.4) is 0 Å². The number of sulfonamides is 1. The van der Waals surface area contributed by atoms with Crippen LogP contribution in [0, 0.1) is 12.8 Å². The fourth-order valence-corrected chi connectivity index (χ4v) is 5.07. The number of benzene rings is 2. The van der Waals surface area contributed by atoms with Crippen LogP contribution in [0.4, 0.5) is 0 Å². The molecule has 2 aromatic carbocycles. The number of nitrogens with one attached hydrogen (secondary N) is 1. The Bertz CT molecular complexity index is 887. The van der Waals surface area contributed by atoms with Crippen molar-refractivity contribution in [2.24, 2.45) is 5.92 Å². The van der Waals surface area contributed by atoms with Crippen LogP contribution in [0.1, 0.15) is 43.4 Å². The van der Waals surface area contributed by atoms with Gasteiger partial charge in [0.2, 0.25) is 15.9 Å². The SMILES string of the molecule is Cc1ccc(S(=O)(=O)N2CCC(CC(=O)N[C@@H](C)c3ccccc3)CC2)cc1. The van der Waals surface area contributed by atoms with Gasteiger partial charge in [0.15, 0.2) is 0 Å². The number of piperidine rings is 1. The molecule has 0 unspecified atom stereocenters. The van der Waals surface area contributed by atoms with E-state index in [9.17, 15) is 13.2 Å². The van der Waals surface area contributed by atoms with Crippen LogP contribution in [0.15, 0.2) is 59.5 Å². The van der Waals surface area contributed by atoms with Crippen LogP contribution < -0.4 is 5.32 Å². The quantitative estimate of drug-likeness (QED) is 0.805. The molecule has 1 saturated heterocycles. The van der Waals surface area contributed by atoms with Gasteiger partial charge in [-0.15, -0.1) is 0 Å². The molecule has 0 bridgehead atoms. The van der Waals surface area contributed by atoms with Crippen LogP contribution in [-0.2, 0) is 14.8 Å². The van der Waals surface area contributed by atoms with Crippen LogP contribution in [-0.4, -0.2) is 31.7 Å². The number of carbonyl (C=O) groups is 1. The topological polar surface area (TPSA) is 66.5 Å². The van der Waals surface area contributed by atoms with Gasteiger partial charge in [-0.05, 0) is 50.3 Å². The Morgan fingerprint density at radius 1 is 1.07 bits per heavy atom. The molecule has 1 heterocycles. The number of carbonyl (C=O) groups excluding carboxylic acids is 1. The predicted octanol–water partition coefficient (Wildman–Crippen LogP) is 3.66. The van der Waals surface area contributed by atoms with Crippen molar-refractivity contribution in [2.45, 2.75) is 44.0 Å². The Hall–Kier alpha value is -2.18. The second-order valence-electron chi connectivity index (χ2n) is 7.56. The highest BCUT2D eigenvalue weighted by Crippen LogP contribution is 2.26. The summed E-state index contributed by atoms with van der Waals surface area (Å²) >= 11 is 0. The first kappa shape index (κ1) is 20.6. The molecule has 3 rings (SSSR count). The third-order valence-corrected chi connectivity index (χ3v) is 7.30. The predicted molar refractivity (Wildman–Crippen MR) is 110 cm³/mol. The highest BCUT2D eigenvalue weighted by Gasteiger charge is 2.30. The van der Waals surface area contributed by atoms with E-state index in [0.29, 0.717) is 37.2 Å². The van der Waals surface area contributed by atoms with Crippen molar-refractivity contribution >= 4 is 15.9 Å². The summed E-state index contributed by atoms with van der Waals surface area (Å²) in [4.78, 5) is 12.7. The maximum absolute atomic E-state index is 12.8. The van der Waals surface area contributed by atoms with E-state index in [0.717, 1.165) is 11.1 Å². The molecular weight excluding hydrogens is 372 g/mol. The monoisotopic (exact) mass is 400 g/mol. The number of aryl methyl sites for hydroxylation is 1. The van der Waals surface area contributed by atoms with Gasteiger partial charge in [0.1, 0.15) is 0 Å². The Labute approximate surface area is 167 Å². The lowest BCUT2D eigenvalue weighted by Crippen LogP contribution is -2.39. The molecule has 1 fully saturated rings. The fraction of sp³-hybridized carbons (Fsp3) is 0.409. The highest BCUT2D eigenvalue weighted by molar-refractivity contribution is 7.89. The molecule has 1 aliphatic rings. The lowest BCUT2D eigenvalue weighted by Gasteiger charge is -2.31. The van der Waals surface area contributed by atoms with E-state index in [4.69, 9.17) is 0 Å². The van der Waals surface area contributed by atoms with Gasteiger partial charge in [-0.25, -0.2) is 8.42 Å². The van der Waals surface area contributed by atoms with Gasteiger partial charge in [-0.3, -0.25) is 4.79 Å². The first-order valence-corrected chi connectivity index (χ1v) is 11.2. The Morgan fingerprint density at radius 2 is 1.68 bits per heavy atom. The number of hydrogen-bond donors (Lipinski definition) is 1. The molecule has 0 saturated carbocycles. The molecule has 1 atom stereocenters. The molecule has 1 N–H and O–H groups in total. The first-order valence-electron chi connectivity index (χ1n) is 9.77. The van der Waals surface area contributed by atoms with Gasteiger partial charge >= 0.3 is 0 Å². The third kappa shape index (κ3) is 5.00. The summed E-state index contributed by atoms with van der Waals surface area (Å²) in [5, 5.41) is 3.05. The normalized spacial score (nSPS) is 17.2. The number of rotatable bonds is 6. The molecule has 6 heteroatoms. The van der Waals surface area contributed by atoms with Crippen molar-refractivity contribution in [3.8, 4) is 0 Å². The van der Waals surface area contributed by atoms with Gasteiger partial charge < -0.3 is 5.32 Å². The standard InChI is InChI=1S/C22H28N2O3S/c1-17-8-10-21(11-9-17)28(26,27)24-14-12-19(13-15-24)16-22(25)23-18(2)20-6-4-3-5-7-20/h3-11,18-19H,12-16H2,1-2H3,(H,23,25)/t18-/m0/s1. The second kappa shape index (κ2) is 8.88. The number of amides is 1. The second-order valence-corrected chi connectivity index (χ2v) is 9.50. The van der Waals surface area contributed by atoms with E-state index in [1.165, 1.54) is 0 Å². The zero-order chi connectivity index (χ0) is 20.1. The van der Waals surface area contributed by atoms with Crippen LogP contribution in [0.2, 0.25) is 0 Å². The molecule has 0 radical (unpaired) electrons. The van der Waals surface area contributed by atoms with Gasteiger partial charge in [0, 0.05) is 19.5 Å². The maximum atomic E-state index is 12.8. The Kier molecular flexibility index (Phi) is 6.52. The first-order chi connectivity index (χ1) is 13.4. The van der Waals surface area contributed by atoms with E-state index >= 15 is 0 Å². The zero-order valence-electron chi connectivity index (χ0n) is 16.5. The van der Waals surface area contributed by atoms with Gasteiger partial charge in [0.05, 0.1) is 10.9 Å². The maximum Gasteiger partial charge on any atom is 0.243 e. The molecular formula is C22H28N2O3S. The Morgan fingerprint density at radius 3 is 2.29 bits per heavy atom. The van der Waals surface area contributed by atoms with Crippen molar-refractivity contribution in [2.75, 3.05) is 13.1 Å². The van der Waals surface area contributed by atoms with Crippen LogP contribution in [0.5, 0.6) is 0 Å². The summed E-state index contributed by atoms with van der Waals surface area (Å²) in [7, 11) is -3.45. The largest absolute Gasteiger partial charge is 0.350 e. The fourth-order valence-electron chi connectivity index (χ4n) is 3.60. The lowest BCUT2D eigenvalue weighted by molar-refractivity contribution is -0.122. The summed E-state index contributed by atoms with van der Waals surface area (Å²) in [6.45, 7) is 4.83. The summed E-state index contributed by atoms with van der Waals surface area (Å²) in [6.07, 6.45) is 1.85. The third-order valence-electron chi connectivity index (χ3n) is 5.38. The molecule has 0 aromatic heterocycles. The highest BCUT2D eigenvalue weighted by atomic mass is 32.2. The molecule has 0 aliphatic carbocycles. The van der Waals surface area contributed by atoms with Crippen molar-refractivity contribution in [3.05, 3.63) is 65.7 Å². The molecule has 150 valence electrons. The summed E-state index contributed by atoms with van der Waals surface area (Å²) in [6, 6.07) is 16.8. The van der Waals surface area contributed by atoms with E-state index in [1.54, 1.807) is 16.4 Å². The van der Waals surface area contributed by atoms with Crippen molar-refractivity contribution in [1.82, 2.24) is 9.62 Å². The van der Waals surface area contributed by atoms with E-state index in [2.05, 4.69) is 5.32 Å². The summed E-state index contributed by atoms with van der Waals surface area (Å²) < 4.78 is 27.1. The average molecular weight is 401 g/mol. The molecule has 5 nitrogen and oxygen atoms in total. The molecule has 28 heavy (non-hydrogen) atoms. The minimum atomic E-state index is -3.45. The molecule has 2 aromatic rings. The number of hydrogen-bond acceptors (Lipinski definition) is 3. The van der Waals surface area contributed by atoms with E-state index in [1.807, 2.05) is 56.3 Å². The minimum Gasteiger partial charge on any atom is -0.350 e. The molecule has 0 spiro atoms. The zero-order valence-corrected chi connectivity index (χ0v) is 17.3. The lowest BCUT2D eigenvalue weighted by atomic mass is 9.94. The summed E-state index contributed by atoms with van der Waals surface area (Å²) in [5.74, 6) is 0.239. The smallest absolute Gasteiger partial charge is 0.243 e. The summed E-state index contributed by atoms with van der Waals surface area (Å²) in [5.41, 5.74) is 2.11. The molecule has 1 amide bonds. The van der Waals surface area contributed by atoms with Gasteiger partial charge in [-0.1, -0.05) is 48.0 Å². The number of nitrogens with zero attached hydrogens (tertiary/aromatic N) is 1.